The number of nitrogens with zero attached hydrogens (tertiary/aromatic N) is 1. The molecule has 2 aliphatic rings. The Labute approximate surface area is 183 Å². The van der Waals surface area contributed by atoms with Gasteiger partial charge in [-0.05, 0) is 55.7 Å². The molecule has 1 amide bonds. The monoisotopic (exact) mass is 421 g/mol. The molecule has 1 fully saturated rings. The van der Waals surface area contributed by atoms with Crippen molar-refractivity contribution >= 4 is 11.8 Å². The van der Waals surface area contributed by atoms with Gasteiger partial charge in [0.25, 0.3) is 0 Å². The number of ether oxygens (including phenoxy) is 1. The van der Waals surface area contributed by atoms with Gasteiger partial charge in [-0.1, -0.05) is 61.4 Å². The van der Waals surface area contributed by atoms with Crippen LogP contribution in [0.3, 0.4) is 0 Å². The number of carbonyl (C=O) groups excluding carboxylic acids is 1. The maximum absolute atomic E-state index is 12.6. The Morgan fingerprint density at radius 2 is 1.94 bits per heavy atom. The SMILES string of the molecule is CCCC1=CC=C(F)C=CC1.Cc1ccc(C2COC(=O)N2c2ccccc2)c(O)c1. The predicted octanol–water partition coefficient (Wildman–Crippen LogP) is 6.92. The summed E-state index contributed by atoms with van der Waals surface area (Å²) < 4.78 is 17.7. The molecule has 31 heavy (non-hydrogen) atoms. The molecule has 0 radical (unpaired) electrons. The van der Waals surface area contributed by atoms with Crippen LogP contribution in [0.1, 0.15) is 43.4 Å². The maximum atomic E-state index is 12.6. The van der Waals surface area contributed by atoms with Crippen molar-refractivity contribution in [2.24, 2.45) is 0 Å². The van der Waals surface area contributed by atoms with Crippen LogP contribution < -0.4 is 4.90 Å². The molecule has 1 heterocycles. The normalized spacial score (nSPS) is 17.8. The maximum Gasteiger partial charge on any atom is 0.415 e. The van der Waals surface area contributed by atoms with E-state index in [0.717, 1.165) is 30.5 Å². The Morgan fingerprint density at radius 3 is 2.65 bits per heavy atom. The van der Waals surface area contributed by atoms with E-state index < -0.39 is 0 Å². The molecule has 2 aromatic carbocycles. The summed E-state index contributed by atoms with van der Waals surface area (Å²) in [4.78, 5) is 13.5. The van der Waals surface area contributed by atoms with Crippen LogP contribution in [0.5, 0.6) is 5.75 Å². The van der Waals surface area contributed by atoms with Crippen molar-refractivity contribution in [3.63, 3.8) is 0 Å². The van der Waals surface area contributed by atoms with E-state index in [-0.39, 0.29) is 30.3 Å². The minimum atomic E-state index is -0.388. The standard InChI is InChI=1S/C16H15NO3.C10H13F/c1-11-7-8-13(15(18)9-11)14-10-20-16(19)17(14)12-5-3-2-4-6-12;1-2-4-9-5-3-6-10(11)8-7-9/h2-9,14,18H,10H2,1H3;3,6-8H,2,4-5H2,1H3. The molecule has 0 saturated carbocycles. The number of para-hydroxylation sites is 1. The summed E-state index contributed by atoms with van der Waals surface area (Å²) in [7, 11) is 0. The molecule has 1 N–H and O–H groups in total. The molecule has 1 unspecified atom stereocenters. The first kappa shape index (κ1) is 22.3. The van der Waals surface area contributed by atoms with Crippen LogP contribution >= 0.6 is 0 Å². The average Bonchev–Trinajstić information content (AvgIpc) is 3.01. The van der Waals surface area contributed by atoms with Gasteiger partial charge in [0.2, 0.25) is 0 Å². The van der Waals surface area contributed by atoms with Crippen LogP contribution in [0, 0.1) is 6.92 Å². The molecule has 4 rings (SSSR count). The zero-order valence-electron chi connectivity index (χ0n) is 17.9. The molecule has 162 valence electrons. The van der Waals surface area contributed by atoms with Gasteiger partial charge >= 0.3 is 6.09 Å². The summed E-state index contributed by atoms with van der Waals surface area (Å²) in [6.45, 7) is 4.29. The number of aromatic hydroxyl groups is 1. The van der Waals surface area contributed by atoms with Gasteiger partial charge in [0.1, 0.15) is 24.2 Å². The highest BCUT2D eigenvalue weighted by atomic mass is 19.1. The summed E-state index contributed by atoms with van der Waals surface area (Å²) in [6, 6.07) is 14.5. The fourth-order valence-electron chi connectivity index (χ4n) is 3.61. The number of benzene rings is 2. The Kier molecular flexibility index (Phi) is 7.65. The smallest absolute Gasteiger partial charge is 0.415 e. The fraction of sp³-hybridized carbons (Fsp3) is 0.269. The number of aryl methyl sites for hydroxylation is 1. The van der Waals surface area contributed by atoms with Gasteiger partial charge in [-0.25, -0.2) is 9.18 Å². The highest BCUT2D eigenvalue weighted by molar-refractivity contribution is 5.90. The zero-order chi connectivity index (χ0) is 22.2. The van der Waals surface area contributed by atoms with Crippen LogP contribution in [0.4, 0.5) is 14.9 Å². The number of rotatable bonds is 4. The fourth-order valence-corrected chi connectivity index (χ4v) is 3.61. The van der Waals surface area contributed by atoms with Crippen molar-refractivity contribution in [2.75, 3.05) is 11.5 Å². The van der Waals surface area contributed by atoms with Crippen molar-refractivity contribution in [2.45, 2.75) is 39.2 Å². The Balaban J connectivity index is 0.000000210. The molecule has 2 aromatic rings. The summed E-state index contributed by atoms with van der Waals surface area (Å²) in [5.74, 6) is 0.0466. The molecule has 1 aliphatic carbocycles. The molecular formula is C26H28FNO3. The van der Waals surface area contributed by atoms with Gasteiger partial charge in [0.05, 0.1) is 0 Å². The number of cyclic esters (lactones) is 1. The lowest BCUT2D eigenvalue weighted by molar-refractivity contribution is 0.178. The molecule has 1 aliphatic heterocycles. The molecule has 0 aromatic heterocycles. The zero-order valence-corrected chi connectivity index (χ0v) is 17.9. The Bertz CT molecular complexity index is 995. The van der Waals surface area contributed by atoms with E-state index in [1.165, 1.54) is 17.7 Å². The second-order valence-electron chi connectivity index (χ2n) is 7.59. The van der Waals surface area contributed by atoms with Crippen molar-refractivity contribution in [3.8, 4) is 5.75 Å². The number of hydrogen-bond donors (Lipinski definition) is 1. The number of phenols is 1. The van der Waals surface area contributed by atoms with Gasteiger partial charge in [0, 0.05) is 11.3 Å². The van der Waals surface area contributed by atoms with Crippen molar-refractivity contribution in [3.05, 3.63) is 95.4 Å². The second kappa shape index (κ2) is 10.6. The molecule has 1 saturated heterocycles. The van der Waals surface area contributed by atoms with E-state index in [4.69, 9.17) is 4.74 Å². The third-order valence-electron chi connectivity index (χ3n) is 5.16. The van der Waals surface area contributed by atoms with Crippen LogP contribution in [0.15, 0.2) is 84.2 Å². The Hall–Kier alpha value is -3.34. The van der Waals surface area contributed by atoms with E-state index in [1.54, 1.807) is 11.0 Å². The third-order valence-corrected chi connectivity index (χ3v) is 5.16. The number of halogens is 1. The number of hydrogen-bond acceptors (Lipinski definition) is 3. The summed E-state index contributed by atoms with van der Waals surface area (Å²) in [5, 5.41) is 10.1. The van der Waals surface area contributed by atoms with Crippen molar-refractivity contribution in [1.82, 2.24) is 0 Å². The van der Waals surface area contributed by atoms with Gasteiger partial charge in [-0.2, -0.15) is 0 Å². The first-order valence-electron chi connectivity index (χ1n) is 10.5. The van der Waals surface area contributed by atoms with E-state index in [9.17, 15) is 14.3 Å². The van der Waals surface area contributed by atoms with E-state index in [1.807, 2.05) is 61.5 Å². The topological polar surface area (TPSA) is 49.8 Å². The van der Waals surface area contributed by atoms with Gasteiger partial charge < -0.3 is 9.84 Å². The van der Waals surface area contributed by atoms with E-state index in [2.05, 4.69) is 6.92 Å². The van der Waals surface area contributed by atoms with E-state index in [0.29, 0.717) is 5.56 Å². The minimum Gasteiger partial charge on any atom is -0.508 e. The predicted molar refractivity (Wildman–Crippen MR) is 122 cm³/mol. The average molecular weight is 422 g/mol. The number of phenolic OH excluding ortho intramolecular Hbond substituents is 1. The van der Waals surface area contributed by atoms with Gasteiger partial charge in [-0.3, -0.25) is 4.90 Å². The number of anilines is 1. The molecular weight excluding hydrogens is 393 g/mol. The van der Waals surface area contributed by atoms with Crippen molar-refractivity contribution < 1.29 is 19.0 Å². The van der Waals surface area contributed by atoms with E-state index >= 15 is 0 Å². The largest absolute Gasteiger partial charge is 0.508 e. The lowest BCUT2D eigenvalue weighted by Crippen LogP contribution is -2.27. The van der Waals surface area contributed by atoms with Crippen LogP contribution in [0.25, 0.3) is 0 Å². The lowest BCUT2D eigenvalue weighted by Gasteiger charge is -2.22. The van der Waals surface area contributed by atoms with Crippen molar-refractivity contribution in [1.29, 1.82) is 0 Å². The molecule has 1 atom stereocenters. The summed E-state index contributed by atoms with van der Waals surface area (Å²) >= 11 is 0. The molecule has 0 bridgehead atoms. The second-order valence-corrected chi connectivity index (χ2v) is 7.59. The summed E-state index contributed by atoms with van der Waals surface area (Å²) in [5.41, 5.74) is 3.75. The number of allylic oxidation sites excluding steroid dienone is 6. The molecule has 5 heteroatoms. The highest BCUT2D eigenvalue weighted by Gasteiger charge is 2.36. The number of carbonyl (C=O) groups is 1. The van der Waals surface area contributed by atoms with Crippen LogP contribution in [-0.4, -0.2) is 17.8 Å². The first-order valence-corrected chi connectivity index (χ1v) is 10.5. The van der Waals surface area contributed by atoms with Gasteiger partial charge in [-0.15, -0.1) is 0 Å². The molecule has 0 spiro atoms. The summed E-state index contributed by atoms with van der Waals surface area (Å²) in [6.07, 6.45) is 9.55. The van der Waals surface area contributed by atoms with Crippen LogP contribution in [-0.2, 0) is 4.74 Å². The Morgan fingerprint density at radius 1 is 1.16 bits per heavy atom. The van der Waals surface area contributed by atoms with Crippen LogP contribution in [0.2, 0.25) is 0 Å². The quantitative estimate of drug-likeness (QED) is 0.583. The molecule has 4 nitrogen and oxygen atoms in total. The first-order chi connectivity index (χ1) is 15.0. The third kappa shape index (κ3) is 5.85. The lowest BCUT2D eigenvalue weighted by atomic mass is 10.0. The number of amides is 1. The minimum absolute atomic E-state index is 0.142. The van der Waals surface area contributed by atoms with Gasteiger partial charge in [0.15, 0.2) is 0 Å². The highest BCUT2D eigenvalue weighted by Crippen LogP contribution is 2.36.